The number of carbonyl (C=O) groups excluding carboxylic acids is 1. The zero-order valence-electron chi connectivity index (χ0n) is 11.4. The minimum atomic E-state index is -0.226. The van der Waals surface area contributed by atoms with E-state index >= 15 is 0 Å². The summed E-state index contributed by atoms with van der Waals surface area (Å²) >= 11 is 0. The van der Waals surface area contributed by atoms with Gasteiger partial charge >= 0.3 is 0 Å². The molecule has 3 heteroatoms. The molecule has 1 heterocycles. The van der Waals surface area contributed by atoms with Gasteiger partial charge in [-0.15, -0.1) is 0 Å². The smallest absolute Gasteiger partial charge is 0.270 e. The Bertz CT molecular complexity index is 574. The van der Waals surface area contributed by atoms with E-state index in [1.54, 1.807) is 12.3 Å². The molecule has 3 nitrogen and oxygen atoms in total. The van der Waals surface area contributed by atoms with Gasteiger partial charge in [-0.25, -0.2) is 0 Å². The first kappa shape index (κ1) is 12.9. The Balaban J connectivity index is 1.87. The molecule has 0 aliphatic heterocycles. The van der Waals surface area contributed by atoms with Gasteiger partial charge in [-0.1, -0.05) is 49.2 Å². The Kier molecular flexibility index (Phi) is 3.50. The molecule has 2 aromatic rings. The third kappa shape index (κ3) is 2.44. The normalized spacial score (nSPS) is 16.8. The van der Waals surface area contributed by atoms with Crippen molar-refractivity contribution in [3.8, 4) is 0 Å². The number of carbonyl (C=O) groups is 1. The van der Waals surface area contributed by atoms with Crippen LogP contribution in [0.1, 0.15) is 41.7 Å². The van der Waals surface area contributed by atoms with Crippen LogP contribution in [0.25, 0.3) is 0 Å². The van der Waals surface area contributed by atoms with E-state index in [2.05, 4.69) is 22.4 Å². The van der Waals surface area contributed by atoms with Crippen molar-refractivity contribution in [1.82, 2.24) is 10.3 Å². The average molecular weight is 266 g/mol. The van der Waals surface area contributed by atoms with E-state index in [1.807, 2.05) is 30.3 Å². The van der Waals surface area contributed by atoms with Crippen LogP contribution >= 0.6 is 0 Å². The van der Waals surface area contributed by atoms with Crippen LogP contribution < -0.4 is 5.32 Å². The average Bonchev–Trinajstić information content (AvgIpc) is 2.99. The van der Waals surface area contributed by atoms with Gasteiger partial charge in [0.1, 0.15) is 5.69 Å². The lowest BCUT2D eigenvalue weighted by Crippen LogP contribution is -2.44. The highest BCUT2D eigenvalue weighted by molar-refractivity contribution is 5.92. The summed E-state index contributed by atoms with van der Waals surface area (Å²) in [5, 5.41) is 3.22. The van der Waals surface area contributed by atoms with Gasteiger partial charge in [0.2, 0.25) is 0 Å². The van der Waals surface area contributed by atoms with Gasteiger partial charge in [0.15, 0.2) is 0 Å². The molecule has 1 aliphatic carbocycles. The number of pyridine rings is 1. The Morgan fingerprint density at radius 3 is 2.35 bits per heavy atom. The van der Waals surface area contributed by atoms with Crippen molar-refractivity contribution >= 4 is 5.91 Å². The fourth-order valence-electron chi connectivity index (χ4n) is 3.00. The molecule has 1 fully saturated rings. The molecule has 1 N–H and O–H groups in total. The van der Waals surface area contributed by atoms with Crippen molar-refractivity contribution in [3.63, 3.8) is 0 Å². The van der Waals surface area contributed by atoms with Gasteiger partial charge in [0.25, 0.3) is 5.91 Å². The first-order valence-electron chi connectivity index (χ1n) is 7.09. The lowest BCUT2D eigenvalue weighted by atomic mass is 9.88. The maximum Gasteiger partial charge on any atom is 0.270 e. The van der Waals surface area contributed by atoms with E-state index in [4.69, 9.17) is 0 Å². The second kappa shape index (κ2) is 5.45. The minimum Gasteiger partial charge on any atom is -0.341 e. The highest BCUT2D eigenvalue weighted by atomic mass is 16.2. The van der Waals surface area contributed by atoms with Gasteiger partial charge < -0.3 is 5.32 Å². The monoisotopic (exact) mass is 266 g/mol. The van der Waals surface area contributed by atoms with Crippen LogP contribution in [0.2, 0.25) is 0 Å². The molecule has 3 rings (SSSR count). The summed E-state index contributed by atoms with van der Waals surface area (Å²) in [4.78, 5) is 16.5. The van der Waals surface area contributed by atoms with E-state index in [0.29, 0.717) is 5.69 Å². The molecule has 0 unspecified atom stereocenters. The third-order valence-corrected chi connectivity index (χ3v) is 4.03. The van der Waals surface area contributed by atoms with Gasteiger partial charge in [0, 0.05) is 6.20 Å². The quantitative estimate of drug-likeness (QED) is 0.926. The lowest BCUT2D eigenvalue weighted by Gasteiger charge is -2.31. The van der Waals surface area contributed by atoms with Gasteiger partial charge in [0.05, 0.1) is 5.54 Å². The maximum atomic E-state index is 12.4. The Morgan fingerprint density at radius 1 is 1.00 bits per heavy atom. The molecule has 102 valence electrons. The molecule has 1 aromatic carbocycles. The predicted molar refractivity (Wildman–Crippen MR) is 78.3 cm³/mol. The summed E-state index contributed by atoms with van der Waals surface area (Å²) in [7, 11) is 0. The topological polar surface area (TPSA) is 42.0 Å². The van der Waals surface area contributed by atoms with Crippen molar-refractivity contribution in [2.75, 3.05) is 0 Å². The van der Waals surface area contributed by atoms with Crippen LogP contribution in [0.15, 0.2) is 54.7 Å². The van der Waals surface area contributed by atoms with Crippen LogP contribution in [-0.4, -0.2) is 10.9 Å². The zero-order chi connectivity index (χ0) is 13.8. The number of benzene rings is 1. The van der Waals surface area contributed by atoms with Gasteiger partial charge in [-0.05, 0) is 30.5 Å². The van der Waals surface area contributed by atoms with E-state index in [1.165, 1.54) is 5.56 Å². The highest BCUT2D eigenvalue weighted by Gasteiger charge is 2.37. The standard InChI is InChI=1S/C17H18N2O/c20-16(15-10-4-7-13-18-15)19-17(11-5-6-12-17)14-8-2-1-3-9-14/h1-4,7-10,13H,5-6,11-12H2,(H,19,20). The molecule has 0 saturated heterocycles. The molecule has 1 amide bonds. The molecule has 1 aromatic heterocycles. The summed E-state index contributed by atoms with van der Waals surface area (Å²) in [6.07, 6.45) is 5.94. The number of amides is 1. The van der Waals surface area contributed by atoms with Crippen LogP contribution in [0.5, 0.6) is 0 Å². The fraction of sp³-hybridized carbons (Fsp3) is 0.294. The van der Waals surface area contributed by atoms with Crippen molar-refractivity contribution < 1.29 is 4.79 Å². The zero-order valence-corrected chi connectivity index (χ0v) is 11.4. The van der Waals surface area contributed by atoms with E-state index in [-0.39, 0.29) is 11.4 Å². The van der Waals surface area contributed by atoms with E-state index < -0.39 is 0 Å². The van der Waals surface area contributed by atoms with Gasteiger partial charge in [-0.3, -0.25) is 9.78 Å². The summed E-state index contributed by atoms with van der Waals surface area (Å²) in [5.74, 6) is -0.0867. The maximum absolute atomic E-state index is 12.4. The second-order valence-corrected chi connectivity index (χ2v) is 5.32. The molecular formula is C17H18N2O. The summed E-state index contributed by atoms with van der Waals surface area (Å²) in [5.41, 5.74) is 1.45. The van der Waals surface area contributed by atoms with Crippen LogP contribution in [0.4, 0.5) is 0 Å². The summed E-state index contributed by atoms with van der Waals surface area (Å²) in [6.45, 7) is 0. The van der Waals surface area contributed by atoms with Crippen LogP contribution in [0, 0.1) is 0 Å². The summed E-state index contributed by atoms with van der Waals surface area (Å²) < 4.78 is 0. The molecule has 0 radical (unpaired) electrons. The van der Waals surface area contributed by atoms with Crippen LogP contribution in [-0.2, 0) is 5.54 Å². The lowest BCUT2D eigenvalue weighted by molar-refractivity contribution is 0.0893. The van der Waals surface area contributed by atoms with Gasteiger partial charge in [-0.2, -0.15) is 0 Å². The largest absolute Gasteiger partial charge is 0.341 e. The molecule has 0 atom stereocenters. The molecule has 20 heavy (non-hydrogen) atoms. The Labute approximate surface area is 119 Å². The fourth-order valence-corrected chi connectivity index (χ4v) is 3.00. The predicted octanol–water partition coefficient (Wildman–Crippen LogP) is 3.28. The van der Waals surface area contributed by atoms with Crippen LogP contribution in [0.3, 0.4) is 0 Å². The highest BCUT2D eigenvalue weighted by Crippen LogP contribution is 2.38. The summed E-state index contributed by atoms with van der Waals surface area (Å²) in [6, 6.07) is 15.7. The van der Waals surface area contributed by atoms with Crippen molar-refractivity contribution in [2.24, 2.45) is 0 Å². The molecule has 0 spiro atoms. The third-order valence-electron chi connectivity index (χ3n) is 4.03. The van der Waals surface area contributed by atoms with E-state index in [9.17, 15) is 4.79 Å². The van der Waals surface area contributed by atoms with Crippen molar-refractivity contribution in [2.45, 2.75) is 31.2 Å². The molecule has 0 bridgehead atoms. The van der Waals surface area contributed by atoms with Crippen molar-refractivity contribution in [1.29, 1.82) is 0 Å². The van der Waals surface area contributed by atoms with Crippen molar-refractivity contribution in [3.05, 3.63) is 66.0 Å². The Hall–Kier alpha value is -2.16. The minimum absolute atomic E-state index is 0.0867. The molecule has 1 saturated carbocycles. The first-order chi connectivity index (χ1) is 9.80. The second-order valence-electron chi connectivity index (χ2n) is 5.32. The van der Waals surface area contributed by atoms with E-state index in [0.717, 1.165) is 25.7 Å². The molecule has 1 aliphatic rings. The number of hydrogen-bond donors (Lipinski definition) is 1. The Morgan fingerprint density at radius 2 is 1.70 bits per heavy atom. The number of rotatable bonds is 3. The number of nitrogens with zero attached hydrogens (tertiary/aromatic N) is 1. The molecular weight excluding hydrogens is 248 g/mol. The number of hydrogen-bond acceptors (Lipinski definition) is 2. The number of nitrogens with one attached hydrogen (secondary N) is 1. The SMILES string of the molecule is O=C(NC1(c2ccccc2)CCCC1)c1ccccn1. The number of aromatic nitrogens is 1. The first-order valence-corrected chi connectivity index (χ1v) is 7.09.